The minimum Gasteiger partial charge on any atom is -0.409 e. The Hall–Kier alpha value is -8.25. The monoisotopic (exact) mass is 947 g/mol. The van der Waals surface area contributed by atoms with Gasteiger partial charge < -0.3 is 19.7 Å². The number of benzene rings is 5. The van der Waals surface area contributed by atoms with Crippen LogP contribution in [0.5, 0.6) is 5.75 Å². The lowest BCUT2D eigenvalue weighted by Crippen LogP contribution is -2.31. The number of amides is 1. The molecule has 6 heterocycles. The highest BCUT2D eigenvalue weighted by atomic mass is 32.2. The molecule has 8 bridgehead atoms. The molecule has 68 heavy (non-hydrogen) atoms. The lowest BCUT2D eigenvalue weighted by molar-refractivity contribution is 0.210. The van der Waals surface area contributed by atoms with E-state index in [0.29, 0.717) is 11.4 Å². The summed E-state index contributed by atoms with van der Waals surface area (Å²) in [5.41, 5.74) is -3.46. The first-order valence-electron chi connectivity index (χ1n) is 20.2. The minimum absolute atomic E-state index is 0.0289. The number of aromatic nitrogens is 4. The number of anilines is 2. The number of nitrogens with one attached hydrogen (secondary N) is 3. The van der Waals surface area contributed by atoms with Crippen molar-refractivity contribution < 1.29 is 53.4 Å². The maximum Gasteiger partial charge on any atom is 0.424 e. The van der Waals surface area contributed by atoms with Crippen LogP contribution in [-0.2, 0) is 0 Å². The fourth-order valence-electron chi connectivity index (χ4n) is 8.42. The van der Waals surface area contributed by atoms with E-state index in [-0.39, 0.29) is 61.4 Å². The standard InChI is InChI=1S/C50H23F10N5O2S/c51-40-38(41(52)45(56)48(59)44(40)55)36-26-15-13-22(61-26)23-14-16-27(62-23)37(39-42(53)46(57)49(60)47(58)43(39)54)29-20-18-25(64-29)35(24-17-19-28(36)63-24)21-7-1-4-10-32(21)67-50(66)65-30-8-2-5-11-33(30)68-34-12-6-3-9-31(34)65/h1-20,61,63-64H. The van der Waals surface area contributed by atoms with Gasteiger partial charge in [-0.15, -0.1) is 0 Å². The average molecular weight is 948 g/mol. The third kappa shape index (κ3) is 6.53. The number of halogens is 10. The van der Waals surface area contributed by atoms with Gasteiger partial charge in [0.1, 0.15) is 5.75 Å². The Balaban J connectivity index is 1.23. The second kappa shape index (κ2) is 16.0. The SMILES string of the molecule is O=C(Oc1ccccc1-c1c2ccc([nH]2)c(-c2c(F)c(F)c(F)c(F)c2F)c2nc(c3ccc([nH]3)c(-c3c(F)c(F)c(F)c(F)c3F)c3ccc1[nH]3)C=C2)N1c2ccccc2Sc2ccccc21. The molecule has 1 amide bonds. The van der Waals surface area contributed by atoms with E-state index < -0.39 is 86.5 Å². The van der Waals surface area contributed by atoms with Gasteiger partial charge in [-0.1, -0.05) is 54.2 Å². The highest BCUT2D eigenvalue weighted by molar-refractivity contribution is 7.99. The fraction of sp³-hybridized carbons (Fsp3) is 0. The van der Waals surface area contributed by atoms with E-state index in [1.165, 1.54) is 77.3 Å². The molecule has 0 radical (unpaired) electrons. The molecule has 0 unspecified atom stereocenters. The molecule has 9 aromatic rings. The highest BCUT2D eigenvalue weighted by Crippen LogP contribution is 2.49. The number of H-pyrrole nitrogens is 3. The molecule has 2 aliphatic heterocycles. The average Bonchev–Trinajstić information content (AvgIpc) is 4.20. The van der Waals surface area contributed by atoms with E-state index in [9.17, 15) is 13.6 Å². The fourth-order valence-corrected chi connectivity index (χ4v) is 9.48. The van der Waals surface area contributed by atoms with Gasteiger partial charge >= 0.3 is 6.09 Å². The molecule has 0 aliphatic carbocycles. The first-order chi connectivity index (χ1) is 32.8. The summed E-state index contributed by atoms with van der Waals surface area (Å²) in [6.45, 7) is 0. The van der Waals surface area contributed by atoms with E-state index in [2.05, 4.69) is 19.9 Å². The molecule has 4 aromatic heterocycles. The molecule has 0 saturated heterocycles. The quantitative estimate of drug-likeness (QED) is 0.0931. The van der Waals surface area contributed by atoms with E-state index in [4.69, 9.17) is 4.74 Å². The van der Waals surface area contributed by atoms with Gasteiger partial charge in [0.15, 0.2) is 46.5 Å². The van der Waals surface area contributed by atoms with Crippen molar-refractivity contribution in [1.29, 1.82) is 0 Å². The number of para-hydroxylation sites is 3. The summed E-state index contributed by atoms with van der Waals surface area (Å²) in [4.78, 5) is 30.7. The van der Waals surface area contributed by atoms with E-state index in [1.54, 1.807) is 36.4 Å². The van der Waals surface area contributed by atoms with Crippen LogP contribution in [0, 0.1) is 58.2 Å². The summed E-state index contributed by atoms with van der Waals surface area (Å²) >= 11 is 1.44. The molecule has 336 valence electrons. The minimum atomic E-state index is -2.40. The second-order valence-corrected chi connectivity index (χ2v) is 16.4. The molecule has 18 heteroatoms. The third-order valence-electron chi connectivity index (χ3n) is 11.5. The van der Waals surface area contributed by atoms with Crippen LogP contribution in [-0.4, -0.2) is 26.0 Å². The summed E-state index contributed by atoms with van der Waals surface area (Å²) in [6.07, 6.45) is 1.66. The maximum absolute atomic E-state index is 15.9. The van der Waals surface area contributed by atoms with Crippen LogP contribution in [0.2, 0.25) is 0 Å². The molecule has 5 aromatic carbocycles. The van der Waals surface area contributed by atoms with Crippen molar-refractivity contribution in [3.05, 3.63) is 179 Å². The van der Waals surface area contributed by atoms with Crippen LogP contribution >= 0.6 is 11.8 Å². The van der Waals surface area contributed by atoms with Crippen LogP contribution in [0.25, 0.3) is 78.6 Å². The number of nitrogens with zero attached hydrogens (tertiary/aromatic N) is 2. The highest BCUT2D eigenvalue weighted by Gasteiger charge is 2.33. The van der Waals surface area contributed by atoms with Crippen molar-refractivity contribution in [1.82, 2.24) is 19.9 Å². The van der Waals surface area contributed by atoms with Gasteiger partial charge in [0.05, 0.1) is 39.4 Å². The number of rotatable bonds is 4. The second-order valence-electron chi connectivity index (χ2n) is 15.3. The molecular weight excluding hydrogens is 925 g/mol. The number of ether oxygens (including phenoxy) is 1. The Bertz CT molecular complexity index is 3720. The smallest absolute Gasteiger partial charge is 0.409 e. The van der Waals surface area contributed by atoms with Crippen molar-refractivity contribution in [3.8, 4) is 39.1 Å². The molecule has 2 aliphatic rings. The van der Waals surface area contributed by atoms with E-state index in [1.807, 2.05) is 24.3 Å². The van der Waals surface area contributed by atoms with Gasteiger partial charge in [0.2, 0.25) is 11.6 Å². The number of fused-ring (bicyclic) bond motifs is 11. The Labute approximate surface area is 379 Å². The van der Waals surface area contributed by atoms with Gasteiger partial charge in [0.25, 0.3) is 0 Å². The van der Waals surface area contributed by atoms with Crippen LogP contribution < -0.4 is 9.64 Å². The van der Waals surface area contributed by atoms with Crippen LogP contribution in [0.15, 0.2) is 119 Å². The molecule has 0 spiro atoms. The zero-order chi connectivity index (χ0) is 47.3. The number of hydrogen-bond donors (Lipinski definition) is 3. The van der Waals surface area contributed by atoms with Crippen LogP contribution in [0.1, 0.15) is 11.4 Å². The summed E-state index contributed by atoms with van der Waals surface area (Å²) in [6, 6.07) is 28.2. The summed E-state index contributed by atoms with van der Waals surface area (Å²) in [7, 11) is 0. The maximum atomic E-state index is 15.9. The van der Waals surface area contributed by atoms with Crippen molar-refractivity contribution in [2.45, 2.75) is 9.79 Å². The molecule has 3 N–H and O–H groups in total. The normalized spacial score (nSPS) is 12.5. The van der Waals surface area contributed by atoms with E-state index in [0.717, 1.165) is 9.79 Å². The van der Waals surface area contributed by atoms with Crippen molar-refractivity contribution in [2.24, 2.45) is 0 Å². The molecular formula is C50H23F10N5O2S. The zero-order valence-corrected chi connectivity index (χ0v) is 34.8. The lowest BCUT2D eigenvalue weighted by atomic mass is 10.0. The van der Waals surface area contributed by atoms with Crippen LogP contribution in [0.4, 0.5) is 60.1 Å². The predicted octanol–water partition coefficient (Wildman–Crippen LogP) is 14.9. The van der Waals surface area contributed by atoms with E-state index >= 15 is 35.1 Å². The molecule has 0 saturated carbocycles. The van der Waals surface area contributed by atoms with Gasteiger partial charge in [0, 0.05) is 59.6 Å². The Morgan fingerprint density at radius 2 is 0.824 bits per heavy atom. The zero-order valence-electron chi connectivity index (χ0n) is 33.9. The summed E-state index contributed by atoms with van der Waals surface area (Å²) < 4.78 is 159. The van der Waals surface area contributed by atoms with Crippen molar-refractivity contribution in [3.63, 3.8) is 0 Å². The molecule has 7 nitrogen and oxygen atoms in total. The molecule has 0 atom stereocenters. The Morgan fingerprint density at radius 3 is 1.37 bits per heavy atom. The largest absolute Gasteiger partial charge is 0.424 e. The van der Waals surface area contributed by atoms with Gasteiger partial charge in [-0.3, -0.25) is 0 Å². The van der Waals surface area contributed by atoms with Gasteiger partial charge in [-0.2, -0.15) is 0 Å². The van der Waals surface area contributed by atoms with Crippen molar-refractivity contribution >= 4 is 74.5 Å². The first-order valence-corrected chi connectivity index (χ1v) is 21.0. The Morgan fingerprint density at radius 1 is 0.426 bits per heavy atom. The summed E-state index contributed by atoms with van der Waals surface area (Å²) in [5, 5.41) is 0. The summed E-state index contributed by atoms with van der Waals surface area (Å²) in [5.74, 6) is -22.5. The Kier molecular flexibility index (Phi) is 9.96. The lowest BCUT2D eigenvalue weighted by Gasteiger charge is -2.30. The number of aromatic amines is 3. The van der Waals surface area contributed by atoms with Gasteiger partial charge in [-0.05, 0) is 78.9 Å². The predicted molar refractivity (Wildman–Crippen MR) is 236 cm³/mol. The topological polar surface area (TPSA) is 89.8 Å². The number of carbonyl (C=O) groups excluding carboxylic acids is 1. The number of hydrogen-bond acceptors (Lipinski definition) is 4. The van der Waals surface area contributed by atoms with Gasteiger partial charge in [-0.25, -0.2) is 58.6 Å². The molecule has 11 rings (SSSR count). The van der Waals surface area contributed by atoms with Crippen LogP contribution in [0.3, 0.4) is 0 Å². The van der Waals surface area contributed by atoms with Crippen molar-refractivity contribution in [2.75, 3.05) is 4.90 Å². The number of carbonyl (C=O) groups is 1. The molecule has 0 fully saturated rings. The first kappa shape index (κ1) is 42.4. The third-order valence-corrected chi connectivity index (χ3v) is 12.6.